The molecule has 2 heterocycles. The Labute approximate surface area is 212 Å². The number of esters is 1. The molecule has 0 aliphatic carbocycles. The average Bonchev–Trinajstić information content (AvgIpc) is 3.06. The van der Waals surface area contributed by atoms with Gasteiger partial charge >= 0.3 is 5.97 Å². The minimum Gasteiger partial charge on any atom is -0.497 e. The smallest absolute Gasteiger partial charge is 0.340 e. The van der Waals surface area contributed by atoms with E-state index in [0.29, 0.717) is 12.2 Å². The molecule has 1 atom stereocenters. The fraction of sp³-hybridized carbons (Fsp3) is 0.423. The van der Waals surface area contributed by atoms with Gasteiger partial charge in [-0.3, -0.25) is 4.90 Å². The van der Waals surface area contributed by atoms with Crippen LogP contribution in [0.25, 0.3) is 10.9 Å². The van der Waals surface area contributed by atoms with Gasteiger partial charge in [-0.05, 0) is 69.1 Å². The van der Waals surface area contributed by atoms with E-state index in [1.807, 2.05) is 39.1 Å². The quantitative estimate of drug-likeness (QED) is 0.309. The minimum absolute atomic E-state index is 0. The first-order valence-corrected chi connectivity index (χ1v) is 11.1. The first kappa shape index (κ1) is 25.4. The molecular formula is C26H33IN2O4. The Morgan fingerprint density at radius 2 is 1.88 bits per heavy atom. The van der Waals surface area contributed by atoms with E-state index in [9.17, 15) is 4.79 Å². The van der Waals surface area contributed by atoms with Gasteiger partial charge in [0.05, 0.1) is 26.4 Å². The van der Waals surface area contributed by atoms with Crippen LogP contribution in [0.2, 0.25) is 0 Å². The first-order chi connectivity index (χ1) is 15.4. The number of carbonyl (C=O) groups excluding carboxylic acids is 1. The zero-order valence-corrected chi connectivity index (χ0v) is 22.6. The molecule has 0 bridgehead atoms. The molecule has 1 unspecified atom stereocenters. The molecule has 0 saturated carbocycles. The second-order valence-electron chi connectivity index (χ2n) is 8.40. The van der Waals surface area contributed by atoms with E-state index in [0.717, 1.165) is 53.0 Å². The van der Waals surface area contributed by atoms with Crippen molar-refractivity contribution >= 4 is 40.8 Å². The third-order valence-corrected chi connectivity index (χ3v) is 6.80. The third-order valence-electron chi connectivity index (χ3n) is 6.80. The maximum absolute atomic E-state index is 13.0. The highest BCUT2D eigenvalue weighted by Gasteiger charge is 2.30. The molecule has 6 nitrogen and oxygen atoms in total. The van der Waals surface area contributed by atoms with Crippen LogP contribution in [0.4, 0.5) is 0 Å². The summed E-state index contributed by atoms with van der Waals surface area (Å²) in [7, 11) is 7.54. The Balaban J connectivity index is 0.00000306. The lowest BCUT2D eigenvalue weighted by molar-refractivity contribution is 0.0527. The van der Waals surface area contributed by atoms with E-state index < -0.39 is 0 Å². The van der Waals surface area contributed by atoms with Crippen LogP contribution >= 0.6 is 24.0 Å². The number of halogens is 1. The Morgan fingerprint density at radius 3 is 2.55 bits per heavy atom. The van der Waals surface area contributed by atoms with Gasteiger partial charge < -0.3 is 18.8 Å². The molecule has 2 aromatic carbocycles. The largest absolute Gasteiger partial charge is 0.497 e. The molecule has 0 N–H and O–H groups in total. The van der Waals surface area contributed by atoms with Crippen LogP contribution in [0.1, 0.15) is 45.7 Å². The van der Waals surface area contributed by atoms with Gasteiger partial charge in [0.2, 0.25) is 0 Å². The van der Waals surface area contributed by atoms with Crippen LogP contribution in [0.15, 0.2) is 30.3 Å². The molecule has 178 valence electrons. The Bertz CT molecular complexity index is 1170. The number of fused-ring (bicyclic) bond motifs is 2. The van der Waals surface area contributed by atoms with Gasteiger partial charge in [-0.15, -0.1) is 24.0 Å². The molecule has 1 aliphatic heterocycles. The molecular weight excluding hydrogens is 531 g/mol. The minimum atomic E-state index is -0.285. The normalized spacial score (nSPS) is 15.6. The van der Waals surface area contributed by atoms with Crippen LogP contribution in [-0.2, 0) is 24.6 Å². The lowest BCUT2D eigenvalue weighted by atomic mass is 9.87. The number of methoxy groups -OCH3 is 2. The number of benzene rings is 2. The summed E-state index contributed by atoms with van der Waals surface area (Å²) >= 11 is 0. The van der Waals surface area contributed by atoms with Gasteiger partial charge in [0, 0.05) is 41.8 Å². The van der Waals surface area contributed by atoms with E-state index in [4.69, 9.17) is 14.2 Å². The second-order valence-corrected chi connectivity index (χ2v) is 8.40. The lowest BCUT2D eigenvalue weighted by Gasteiger charge is -2.35. The van der Waals surface area contributed by atoms with Gasteiger partial charge in [-0.25, -0.2) is 4.79 Å². The van der Waals surface area contributed by atoms with E-state index in [1.54, 1.807) is 14.2 Å². The molecule has 3 aromatic rings. The number of likely N-dealkylation sites (N-methyl/N-ethyl adjacent to an activating group) is 1. The molecule has 1 aromatic heterocycles. The lowest BCUT2D eigenvalue weighted by Crippen LogP contribution is -2.33. The molecule has 1 aliphatic rings. The van der Waals surface area contributed by atoms with Crippen LogP contribution < -0.4 is 9.47 Å². The predicted molar refractivity (Wildman–Crippen MR) is 141 cm³/mol. The maximum Gasteiger partial charge on any atom is 0.340 e. The van der Waals surface area contributed by atoms with Gasteiger partial charge in [0.25, 0.3) is 0 Å². The molecule has 0 saturated heterocycles. The van der Waals surface area contributed by atoms with Crippen molar-refractivity contribution in [3.8, 4) is 11.5 Å². The van der Waals surface area contributed by atoms with Crippen molar-refractivity contribution in [2.24, 2.45) is 7.05 Å². The molecule has 4 rings (SSSR count). The van der Waals surface area contributed by atoms with E-state index in [-0.39, 0.29) is 36.0 Å². The van der Waals surface area contributed by atoms with Gasteiger partial charge in [0.15, 0.2) is 0 Å². The summed E-state index contributed by atoms with van der Waals surface area (Å²) in [5.41, 5.74) is 6.19. The summed E-state index contributed by atoms with van der Waals surface area (Å²) in [5, 5.41) is 0.928. The van der Waals surface area contributed by atoms with Gasteiger partial charge in [-0.2, -0.15) is 0 Å². The highest BCUT2D eigenvalue weighted by Crippen LogP contribution is 2.40. The molecule has 0 fully saturated rings. The topological polar surface area (TPSA) is 52.9 Å². The van der Waals surface area contributed by atoms with Crippen molar-refractivity contribution < 1.29 is 19.0 Å². The van der Waals surface area contributed by atoms with E-state index >= 15 is 0 Å². The number of carbonyl (C=O) groups is 1. The summed E-state index contributed by atoms with van der Waals surface area (Å²) in [4.78, 5) is 15.4. The molecule has 0 spiro atoms. The molecule has 0 amide bonds. The van der Waals surface area contributed by atoms with E-state index in [1.165, 1.54) is 11.1 Å². The van der Waals surface area contributed by atoms with E-state index in [2.05, 4.69) is 28.6 Å². The van der Waals surface area contributed by atoms with Crippen LogP contribution in [0.3, 0.4) is 0 Å². The van der Waals surface area contributed by atoms with Crippen molar-refractivity contribution in [2.75, 3.05) is 34.4 Å². The molecule has 0 radical (unpaired) electrons. The number of nitrogens with zero attached hydrogens (tertiary/aromatic N) is 2. The van der Waals surface area contributed by atoms with Crippen molar-refractivity contribution in [3.05, 3.63) is 58.3 Å². The van der Waals surface area contributed by atoms with Crippen molar-refractivity contribution in [1.82, 2.24) is 9.47 Å². The third kappa shape index (κ3) is 4.45. The summed E-state index contributed by atoms with van der Waals surface area (Å²) in [5.74, 6) is 1.39. The molecule has 33 heavy (non-hydrogen) atoms. The number of rotatable bonds is 6. The summed E-state index contributed by atoms with van der Waals surface area (Å²) in [6.45, 7) is 5.11. The van der Waals surface area contributed by atoms with Gasteiger partial charge in [-0.1, -0.05) is 6.07 Å². The van der Waals surface area contributed by atoms with Crippen molar-refractivity contribution in [2.45, 2.75) is 32.7 Å². The van der Waals surface area contributed by atoms with Crippen LogP contribution in [0, 0.1) is 6.92 Å². The average molecular weight is 564 g/mol. The fourth-order valence-electron chi connectivity index (χ4n) is 4.95. The van der Waals surface area contributed by atoms with Gasteiger partial charge in [0.1, 0.15) is 11.5 Å². The highest BCUT2D eigenvalue weighted by molar-refractivity contribution is 14.0. The number of hydrogen-bond donors (Lipinski definition) is 0. The number of ether oxygens (including phenoxy) is 3. The zero-order chi connectivity index (χ0) is 23.0. The fourth-order valence-corrected chi connectivity index (χ4v) is 4.95. The Kier molecular flexibility index (Phi) is 7.95. The maximum atomic E-state index is 13.0. The monoisotopic (exact) mass is 564 g/mol. The Hall–Kier alpha value is -2.26. The molecule has 7 heteroatoms. The highest BCUT2D eigenvalue weighted by atomic mass is 127. The summed E-state index contributed by atoms with van der Waals surface area (Å²) in [6.07, 6.45) is 1.71. The Morgan fingerprint density at radius 1 is 1.12 bits per heavy atom. The van der Waals surface area contributed by atoms with Crippen molar-refractivity contribution in [1.29, 1.82) is 0 Å². The number of aryl methyl sites for hydroxylation is 1. The number of aromatic nitrogens is 1. The van der Waals surface area contributed by atoms with Crippen molar-refractivity contribution in [3.63, 3.8) is 0 Å². The standard InChI is InChI=1S/C26H32N2O4.HI/c1-7-32-26(29)24-16(2)28(4)21-10-11-23(31-6)20(25(21)24)15-22-19-9-8-18(30-5)14-17(19)12-13-27(22)3;/h8-11,14,22H,7,12-13,15H2,1-6H3;1H. The predicted octanol–water partition coefficient (Wildman–Crippen LogP) is 5.07. The number of hydrogen-bond acceptors (Lipinski definition) is 5. The van der Waals surface area contributed by atoms with Crippen LogP contribution in [0.5, 0.6) is 11.5 Å². The SMILES string of the molecule is CCOC(=O)c1c(C)n(C)c2ccc(OC)c(CC3c4ccc(OC)cc4CCN3C)c12.I. The first-order valence-electron chi connectivity index (χ1n) is 11.1. The second kappa shape index (κ2) is 10.3. The zero-order valence-electron chi connectivity index (χ0n) is 20.2. The summed E-state index contributed by atoms with van der Waals surface area (Å²) in [6, 6.07) is 10.5. The van der Waals surface area contributed by atoms with Crippen LogP contribution in [-0.4, -0.2) is 49.9 Å². The summed E-state index contributed by atoms with van der Waals surface area (Å²) < 4.78 is 18.7.